The third kappa shape index (κ3) is 11.0. The Morgan fingerprint density at radius 2 is 1.61 bits per heavy atom. The van der Waals surface area contributed by atoms with Crippen molar-refractivity contribution in [1.82, 2.24) is 0 Å². The van der Waals surface area contributed by atoms with Gasteiger partial charge in [0.05, 0.1) is 17.8 Å². The van der Waals surface area contributed by atoms with E-state index in [1.807, 2.05) is 0 Å². The van der Waals surface area contributed by atoms with Crippen LogP contribution < -0.4 is 0 Å². The van der Waals surface area contributed by atoms with Gasteiger partial charge in [-0.2, -0.15) is 0 Å². The van der Waals surface area contributed by atoms with Gasteiger partial charge in [0.15, 0.2) is 0 Å². The van der Waals surface area contributed by atoms with Crippen LogP contribution >= 0.6 is 0 Å². The Balaban J connectivity index is 3.73. The molecule has 0 fully saturated rings. The number of hydrogen-bond donors (Lipinski definition) is 0. The molecule has 0 heterocycles. The normalized spacial score (nSPS) is 16.0. The van der Waals surface area contributed by atoms with Gasteiger partial charge in [-0.3, -0.25) is 0 Å². The third-order valence-corrected chi connectivity index (χ3v) is 2.81. The molecule has 0 bridgehead atoms. The van der Waals surface area contributed by atoms with Gasteiger partial charge in [-0.25, -0.2) is 0 Å². The summed E-state index contributed by atoms with van der Waals surface area (Å²) in [4.78, 5) is 0. The molecule has 0 aromatic rings. The summed E-state index contributed by atoms with van der Waals surface area (Å²) in [5.41, 5.74) is -0.0300. The second kappa shape index (κ2) is 8.92. The van der Waals surface area contributed by atoms with Gasteiger partial charge in [-0.1, -0.05) is 20.8 Å². The van der Waals surface area contributed by atoms with Crippen LogP contribution in [0.1, 0.15) is 74.1 Å². The average molecular weight is 258 g/mol. The summed E-state index contributed by atoms with van der Waals surface area (Å²) in [6.45, 7) is 16.0. The summed E-state index contributed by atoms with van der Waals surface area (Å²) in [6.07, 6.45) is 5.34. The summed E-state index contributed by atoms with van der Waals surface area (Å²) < 4.78 is 11.8. The van der Waals surface area contributed by atoms with Gasteiger partial charge in [0.1, 0.15) is 0 Å². The lowest BCUT2D eigenvalue weighted by molar-refractivity contribution is -0.0567. The summed E-state index contributed by atoms with van der Waals surface area (Å²) >= 11 is 0. The molecule has 0 saturated carbocycles. The second-order valence-corrected chi connectivity index (χ2v) is 6.73. The van der Waals surface area contributed by atoms with E-state index < -0.39 is 0 Å². The zero-order valence-corrected chi connectivity index (χ0v) is 13.6. The first-order valence-corrected chi connectivity index (χ1v) is 7.54. The maximum absolute atomic E-state index is 5.91. The van der Waals surface area contributed by atoms with Crippen LogP contribution in [-0.4, -0.2) is 24.4 Å². The Bertz CT molecular complexity index is 194. The average Bonchev–Trinajstić information content (AvgIpc) is 2.20. The van der Waals surface area contributed by atoms with Gasteiger partial charge >= 0.3 is 0 Å². The second-order valence-electron chi connectivity index (χ2n) is 6.73. The maximum Gasteiger partial charge on any atom is 0.0602 e. The molecule has 0 saturated heterocycles. The molecule has 2 heteroatoms. The van der Waals surface area contributed by atoms with Crippen molar-refractivity contribution >= 4 is 0 Å². The van der Waals surface area contributed by atoms with Gasteiger partial charge in [-0.05, 0) is 59.3 Å². The lowest BCUT2D eigenvalue weighted by Gasteiger charge is -2.25. The molecule has 0 rings (SSSR count). The Labute approximate surface area is 114 Å². The van der Waals surface area contributed by atoms with Crippen molar-refractivity contribution in [2.24, 2.45) is 5.92 Å². The molecule has 0 aliphatic rings. The SMILES string of the molecule is CCC(CCCC(C)OC(C)(C)C)OCC(C)C. The Hall–Kier alpha value is -0.0800. The van der Waals surface area contributed by atoms with Crippen molar-refractivity contribution in [3.8, 4) is 0 Å². The molecule has 0 spiro atoms. The summed E-state index contributed by atoms with van der Waals surface area (Å²) in [6, 6.07) is 0. The summed E-state index contributed by atoms with van der Waals surface area (Å²) in [5, 5.41) is 0. The standard InChI is InChI=1S/C16H34O2/c1-8-15(17-12-13(2)3)11-9-10-14(4)18-16(5,6)7/h13-15H,8-12H2,1-7H3. The van der Waals surface area contributed by atoms with Gasteiger partial charge < -0.3 is 9.47 Å². The molecule has 2 atom stereocenters. The van der Waals surface area contributed by atoms with Crippen LogP contribution in [0.4, 0.5) is 0 Å². The quantitative estimate of drug-likeness (QED) is 0.591. The lowest BCUT2D eigenvalue weighted by atomic mass is 10.1. The largest absolute Gasteiger partial charge is 0.378 e. The smallest absolute Gasteiger partial charge is 0.0602 e. The fourth-order valence-electron chi connectivity index (χ4n) is 2.03. The molecular weight excluding hydrogens is 224 g/mol. The van der Waals surface area contributed by atoms with E-state index in [0.29, 0.717) is 18.1 Å². The van der Waals surface area contributed by atoms with Crippen molar-refractivity contribution in [2.75, 3.05) is 6.61 Å². The predicted molar refractivity (Wildman–Crippen MR) is 79.0 cm³/mol. The molecular formula is C16H34O2. The first-order valence-electron chi connectivity index (χ1n) is 7.54. The highest BCUT2D eigenvalue weighted by Gasteiger charge is 2.15. The summed E-state index contributed by atoms with van der Waals surface area (Å²) in [5.74, 6) is 0.627. The van der Waals surface area contributed by atoms with Gasteiger partial charge in [0.25, 0.3) is 0 Å². The summed E-state index contributed by atoms with van der Waals surface area (Å²) in [7, 11) is 0. The van der Waals surface area contributed by atoms with Crippen molar-refractivity contribution in [3.63, 3.8) is 0 Å². The van der Waals surface area contributed by atoms with E-state index in [1.54, 1.807) is 0 Å². The van der Waals surface area contributed by atoms with E-state index in [2.05, 4.69) is 48.5 Å². The third-order valence-electron chi connectivity index (χ3n) is 2.81. The zero-order chi connectivity index (χ0) is 14.2. The van der Waals surface area contributed by atoms with Crippen LogP contribution in [-0.2, 0) is 9.47 Å². The molecule has 0 aliphatic heterocycles. The maximum atomic E-state index is 5.91. The minimum Gasteiger partial charge on any atom is -0.378 e. The van der Waals surface area contributed by atoms with E-state index in [9.17, 15) is 0 Å². The highest BCUT2D eigenvalue weighted by Crippen LogP contribution is 2.17. The molecule has 0 radical (unpaired) electrons. The number of rotatable bonds is 9. The first kappa shape index (κ1) is 17.9. The zero-order valence-electron chi connectivity index (χ0n) is 13.6. The monoisotopic (exact) mass is 258 g/mol. The van der Waals surface area contributed by atoms with E-state index >= 15 is 0 Å². The predicted octanol–water partition coefficient (Wildman–Crippen LogP) is 4.81. The Morgan fingerprint density at radius 1 is 1.00 bits per heavy atom. The molecule has 0 amide bonds. The first-order chi connectivity index (χ1) is 8.24. The van der Waals surface area contributed by atoms with Crippen LogP contribution in [0.2, 0.25) is 0 Å². The van der Waals surface area contributed by atoms with Crippen LogP contribution in [0.25, 0.3) is 0 Å². The molecule has 0 aliphatic carbocycles. The number of hydrogen-bond acceptors (Lipinski definition) is 2. The minimum absolute atomic E-state index is 0.0300. The Morgan fingerprint density at radius 3 is 2.06 bits per heavy atom. The van der Waals surface area contributed by atoms with Gasteiger partial charge in [-0.15, -0.1) is 0 Å². The molecule has 110 valence electrons. The van der Waals surface area contributed by atoms with E-state index in [4.69, 9.17) is 9.47 Å². The fourth-order valence-corrected chi connectivity index (χ4v) is 2.03. The lowest BCUT2D eigenvalue weighted by Crippen LogP contribution is -2.25. The van der Waals surface area contributed by atoms with E-state index in [1.165, 1.54) is 6.42 Å². The van der Waals surface area contributed by atoms with E-state index in [0.717, 1.165) is 25.9 Å². The molecule has 0 aromatic heterocycles. The Kier molecular flexibility index (Phi) is 8.89. The van der Waals surface area contributed by atoms with Gasteiger partial charge in [0, 0.05) is 6.61 Å². The van der Waals surface area contributed by atoms with Crippen molar-refractivity contribution in [2.45, 2.75) is 92.0 Å². The van der Waals surface area contributed by atoms with Crippen molar-refractivity contribution < 1.29 is 9.47 Å². The molecule has 0 N–H and O–H groups in total. The van der Waals surface area contributed by atoms with Crippen molar-refractivity contribution in [1.29, 1.82) is 0 Å². The topological polar surface area (TPSA) is 18.5 Å². The van der Waals surface area contributed by atoms with E-state index in [-0.39, 0.29) is 5.60 Å². The molecule has 0 aromatic carbocycles. The van der Waals surface area contributed by atoms with Gasteiger partial charge in [0.2, 0.25) is 0 Å². The minimum atomic E-state index is -0.0300. The van der Waals surface area contributed by atoms with Crippen LogP contribution in [0.3, 0.4) is 0 Å². The van der Waals surface area contributed by atoms with Crippen molar-refractivity contribution in [3.05, 3.63) is 0 Å². The fraction of sp³-hybridized carbons (Fsp3) is 1.00. The molecule has 18 heavy (non-hydrogen) atoms. The highest BCUT2D eigenvalue weighted by atomic mass is 16.5. The molecule has 2 nitrogen and oxygen atoms in total. The highest BCUT2D eigenvalue weighted by molar-refractivity contribution is 4.64. The van der Waals surface area contributed by atoms with Crippen LogP contribution in [0, 0.1) is 5.92 Å². The molecule has 2 unspecified atom stereocenters. The number of ether oxygens (including phenoxy) is 2. The van der Waals surface area contributed by atoms with Crippen LogP contribution in [0.5, 0.6) is 0 Å². The van der Waals surface area contributed by atoms with Crippen LogP contribution in [0.15, 0.2) is 0 Å².